The Hall–Kier alpha value is -2.82. The van der Waals surface area contributed by atoms with Crippen LogP contribution in [0.3, 0.4) is 0 Å². The summed E-state index contributed by atoms with van der Waals surface area (Å²) in [5, 5.41) is 2.59. The molecule has 1 unspecified atom stereocenters. The summed E-state index contributed by atoms with van der Waals surface area (Å²) < 4.78 is 65.6. The molecule has 0 bridgehead atoms. The number of ether oxygens (including phenoxy) is 1. The summed E-state index contributed by atoms with van der Waals surface area (Å²) >= 11 is 0. The number of alkyl halides is 5. The molecule has 6 nitrogen and oxygen atoms in total. The summed E-state index contributed by atoms with van der Waals surface area (Å²) in [6.45, 7) is 7.50. The smallest absolute Gasteiger partial charge is 0.426 e. The number of benzene rings is 1. The predicted octanol–water partition coefficient (Wildman–Crippen LogP) is 4.25. The number of amides is 1. The SMILES string of the molecule is CC(C)(C)N.CC(NC(=O)c1cnccn1)c1ccc(OC(F)(F)C(F)(F)F)cc1. The van der Waals surface area contributed by atoms with Crippen LogP contribution in [0.5, 0.6) is 5.75 Å². The van der Waals surface area contributed by atoms with Crippen LogP contribution in [0.15, 0.2) is 42.9 Å². The first-order chi connectivity index (χ1) is 13.6. The van der Waals surface area contributed by atoms with Gasteiger partial charge in [0.25, 0.3) is 5.91 Å². The van der Waals surface area contributed by atoms with Crippen LogP contribution in [-0.4, -0.2) is 33.7 Å². The number of hydrogen-bond acceptors (Lipinski definition) is 5. The Morgan fingerprint density at radius 3 is 2.03 bits per heavy atom. The highest BCUT2D eigenvalue weighted by atomic mass is 19.4. The van der Waals surface area contributed by atoms with Crippen LogP contribution in [0.2, 0.25) is 0 Å². The first-order valence-corrected chi connectivity index (χ1v) is 8.69. The predicted molar refractivity (Wildman–Crippen MR) is 99.9 cm³/mol. The largest absolute Gasteiger partial charge is 0.499 e. The van der Waals surface area contributed by atoms with Crippen molar-refractivity contribution in [3.05, 3.63) is 54.1 Å². The first-order valence-electron chi connectivity index (χ1n) is 8.69. The lowest BCUT2D eigenvalue weighted by Crippen LogP contribution is -2.41. The van der Waals surface area contributed by atoms with Gasteiger partial charge in [-0.3, -0.25) is 9.78 Å². The van der Waals surface area contributed by atoms with E-state index in [1.54, 1.807) is 6.92 Å². The molecule has 1 heterocycles. The van der Waals surface area contributed by atoms with Gasteiger partial charge in [-0.1, -0.05) is 12.1 Å². The monoisotopic (exact) mass is 434 g/mol. The van der Waals surface area contributed by atoms with Crippen LogP contribution in [0, 0.1) is 0 Å². The summed E-state index contributed by atoms with van der Waals surface area (Å²) in [7, 11) is 0. The molecule has 0 radical (unpaired) electrons. The molecule has 0 saturated carbocycles. The summed E-state index contributed by atoms with van der Waals surface area (Å²) in [5.74, 6) is -1.16. The van der Waals surface area contributed by atoms with Crippen molar-refractivity contribution >= 4 is 5.91 Å². The molecule has 1 amide bonds. The molecule has 2 aromatic rings. The van der Waals surface area contributed by atoms with Crippen molar-refractivity contribution in [2.45, 2.75) is 51.6 Å². The second-order valence-corrected chi connectivity index (χ2v) is 7.34. The first kappa shape index (κ1) is 25.2. The van der Waals surface area contributed by atoms with Crippen molar-refractivity contribution in [2.75, 3.05) is 0 Å². The number of halogens is 5. The number of carbonyl (C=O) groups is 1. The van der Waals surface area contributed by atoms with Gasteiger partial charge in [-0.25, -0.2) is 4.98 Å². The van der Waals surface area contributed by atoms with Crippen LogP contribution in [0.1, 0.15) is 49.8 Å². The number of nitrogens with two attached hydrogens (primary N) is 1. The van der Waals surface area contributed by atoms with Crippen LogP contribution >= 0.6 is 0 Å². The molecular formula is C19H23F5N4O2. The third-order valence-electron chi connectivity index (χ3n) is 3.10. The number of hydrogen-bond donors (Lipinski definition) is 2. The van der Waals surface area contributed by atoms with E-state index in [2.05, 4.69) is 20.0 Å². The Bertz CT molecular complexity index is 800. The summed E-state index contributed by atoms with van der Waals surface area (Å²) in [4.78, 5) is 19.5. The Labute approximate surface area is 170 Å². The van der Waals surface area contributed by atoms with Gasteiger partial charge in [0.05, 0.1) is 12.2 Å². The van der Waals surface area contributed by atoms with Gasteiger partial charge < -0.3 is 15.8 Å². The van der Waals surface area contributed by atoms with Gasteiger partial charge in [-0.15, -0.1) is 0 Å². The maximum atomic E-state index is 12.8. The van der Waals surface area contributed by atoms with Crippen LogP contribution < -0.4 is 15.8 Å². The van der Waals surface area contributed by atoms with Crippen molar-refractivity contribution in [2.24, 2.45) is 5.73 Å². The van der Waals surface area contributed by atoms with E-state index in [4.69, 9.17) is 5.73 Å². The zero-order valence-electron chi connectivity index (χ0n) is 16.8. The molecule has 30 heavy (non-hydrogen) atoms. The molecule has 1 aromatic heterocycles. The minimum absolute atomic E-state index is 0. The molecule has 1 aromatic carbocycles. The number of nitrogens with one attached hydrogen (secondary N) is 1. The van der Waals surface area contributed by atoms with Gasteiger partial charge in [-0.2, -0.15) is 22.0 Å². The summed E-state index contributed by atoms with van der Waals surface area (Å²) in [6, 6.07) is 3.90. The van der Waals surface area contributed by atoms with Crippen molar-refractivity contribution < 1.29 is 31.5 Å². The van der Waals surface area contributed by atoms with Gasteiger partial charge >= 0.3 is 12.3 Å². The fraction of sp³-hybridized carbons (Fsp3) is 0.421. The van der Waals surface area contributed by atoms with Crippen LogP contribution in [0.4, 0.5) is 22.0 Å². The van der Waals surface area contributed by atoms with Gasteiger partial charge in [0.2, 0.25) is 0 Å². The lowest BCUT2D eigenvalue weighted by atomic mass is 10.1. The van der Waals surface area contributed by atoms with E-state index in [0.29, 0.717) is 5.56 Å². The maximum Gasteiger partial charge on any atom is 0.499 e. The third-order valence-corrected chi connectivity index (χ3v) is 3.10. The van der Waals surface area contributed by atoms with Crippen molar-refractivity contribution in [1.82, 2.24) is 15.3 Å². The maximum absolute atomic E-state index is 12.8. The summed E-state index contributed by atoms with van der Waals surface area (Å²) in [5.41, 5.74) is 5.91. The molecule has 11 heteroatoms. The molecule has 0 spiro atoms. The van der Waals surface area contributed by atoms with E-state index < -0.39 is 30.0 Å². The Morgan fingerprint density at radius 1 is 1.07 bits per heavy atom. The van der Waals surface area contributed by atoms with Crippen LogP contribution in [-0.2, 0) is 0 Å². The van der Waals surface area contributed by atoms with E-state index in [1.807, 2.05) is 20.8 Å². The lowest BCUT2D eigenvalue weighted by molar-refractivity contribution is -0.360. The Balaban J connectivity index is 0.000000804. The lowest BCUT2D eigenvalue weighted by Gasteiger charge is -2.20. The minimum atomic E-state index is -5.82. The Kier molecular flexibility index (Phi) is 8.23. The van der Waals surface area contributed by atoms with E-state index in [9.17, 15) is 26.7 Å². The third kappa shape index (κ3) is 8.68. The number of carbonyl (C=O) groups excluding carboxylic acids is 1. The van der Waals surface area contributed by atoms with Crippen molar-refractivity contribution in [1.29, 1.82) is 0 Å². The summed E-state index contributed by atoms with van der Waals surface area (Å²) in [6.07, 6.45) is -7.11. The molecule has 3 N–H and O–H groups in total. The topological polar surface area (TPSA) is 90.1 Å². The highest BCUT2D eigenvalue weighted by Crippen LogP contribution is 2.37. The van der Waals surface area contributed by atoms with Gasteiger partial charge in [0, 0.05) is 17.9 Å². The zero-order chi connectivity index (χ0) is 23.2. The molecule has 166 valence electrons. The normalized spacial score (nSPS) is 13.0. The second kappa shape index (κ2) is 9.79. The zero-order valence-corrected chi connectivity index (χ0v) is 16.8. The minimum Gasteiger partial charge on any atom is -0.426 e. The van der Waals surface area contributed by atoms with Crippen molar-refractivity contribution in [3.8, 4) is 5.75 Å². The van der Waals surface area contributed by atoms with Crippen LogP contribution in [0.25, 0.3) is 0 Å². The number of nitrogens with zero attached hydrogens (tertiary/aromatic N) is 2. The van der Waals surface area contributed by atoms with Gasteiger partial charge in [0.1, 0.15) is 11.4 Å². The van der Waals surface area contributed by atoms with E-state index >= 15 is 0 Å². The van der Waals surface area contributed by atoms with E-state index in [1.165, 1.54) is 30.7 Å². The molecule has 1 atom stereocenters. The number of rotatable bonds is 5. The molecule has 0 aliphatic heterocycles. The molecule has 0 aliphatic rings. The second-order valence-electron chi connectivity index (χ2n) is 7.34. The molecule has 0 aliphatic carbocycles. The quantitative estimate of drug-likeness (QED) is 0.687. The number of aromatic nitrogens is 2. The van der Waals surface area contributed by atoms with E-state index in [-0.39, 0.29) is 11.2 Å². The fourth-order valence-corrected chi connectivity index (χ4v) is 1.80. The molecule has 0 saturated heterocycles. The van der Waals surface area contributed by atoms with E-state index in [0.717, 1.165) is 12.1 Å². The Morgan fingerprint density at radius 2 is 1.60 bits per heavy atom. The molecule has 0 fully saturated rings. The molecule has 2 rings (SSSR count). The van der Waals surface area contributed by atoms with Crippen molar-refractivity contribution in [3.63, 3.8) is 0 Å². The average Bonchev–Trinajstić information content (AvgIpc) is 2.60. The standard InChI is InChI=1S/C15H12F5N3O2.C4H11N/c1-9(23-13(24)12-8-21-6-7-22-12)10-2-4-11(5-3-10)25-15(19,20)14(16,17)18;1-4(2,3)5/h2-9H,1H3,(H,23,24);5H2,1-3H3. The highest BCUT2D eigenvalue weighted by Gasteiger charge is 2.61. The molecular weight excluding hydrogens is 411 g/mol. The fourth-order valence-electron chi connectivity index (χ4n) is 1.80. The van der Waals surface area contributed by atoms with Gasteiger partial charge in [0.15, 0.2) is 0 Å². The van der Waals surface area contributed by atoms with Gasteiger partial charge in [-0.05, 0) is 45.4 Å². The highest BCUT2D eigenvalue weighted by molar-refractivity contribution is 5.92. The average molecular weight is 434 g/mol.